The highest BCUT2D eigenvalue weighted by Gasteiger charge is 2.21. The highest BCUT2D eigenvalue weighted by molar-refractivity contribution is 7.99. The van der Waals surface area contributed by atoms with Gasteiger partial charge in [-0.3, -0.25) is 4.79 Å². The van der Waals surface area contributed by atoms with Gasteiger partial charge in [-0.15, -0.1) is 0 Å². The molecule has 0 radical (unpaired) electrons. The molecule has 1 aliphatic heterocycles. The lowest BCUT2D eigenvalue weighted by Gasteiger charge is -2.36. The minimum absolute atomic E-state index is 0.127. The van der Waals surface area contributed by atoms with E-state index < -0.39 is 0 Å². The number of benzene rings is 3. The first-order chi connectivity index (χ1) is 16.3. The molecule has 0 atom stereocenters. The van der Waals surface area contributed by atoms with Crippen LogP contribution in [0.5, 0.6) is 0 Å². The van der Waals surface area contributed by atoms with Gasteiger partial charge in [0.05, 0.1) is 11.3 Å². The van der Waals surface area contributed by atoms with Gasteiger partial charge in [-0.1, -0.05) is 60.3 Å². The summed E-state index contributed by atoms with van der Waals surface area (Å²) in [6.07, 6.45) is 0. The van der Waals surface area contributed by atoms with Crippen LogP contribution in [0.2, 0.25) is 0 Å². The maximum Gasteiger partial charge on any atom is 0.233 e. The summed E-state index contributed by atoms with van der Waals surface area (Å²) in [6.45, 7) is 3.15. The Hall–Kier alpha value is -3.58. The molecule has 0 aliphatic carbocycles. The van der Waals surface area contributed by atoms with Crippen LogP contribution in [0.15, 0.2) is 90.1 Å². The van der Waals surface area contributed by atoms with Gasteiger partial charge in [-0.05, 0) is 36.4 Å². The number of nitrogens with zero attached hydrogens (tertiary/aromatic N) is 4. The van der Waals surface area contributed by atoms with Gasteiger partial charge in [0, 0.05) is 42.9 Å². The number of anilines is 3. The number of amides is 1. The van der Waals surface area contributed by atoms with Gasteiger partial charge in [0.15, 0.2) is 5.16 Å². The Labute approximate surface area is 197 Å². The van der Waals surface area contributed by atoms with Crippen LogP contribution in [0.3, 0.4) is 0 Å². The van der Waals surface area contributed by atoms with E-state index in [1.54, 1.807) is 0 Å². The number of carbonyl (C=O) groups excluding carboxylic acids is 1. The predicted molar refractivity (Wildman–Crippen MR) is 135 cm³/mol. The van der Waals surface area contributed by atoms with Gasteiger partial charge in [0.25, 0.3) is 0 Å². The minimum Gasteiger partial charge on any atom is -0.368 e. The lowest BCUT2D eigenvalue weighted by molar-refractivity contribution is -0.128. The summed E-state index contributed by atoms with van der Waals surface area (Å²) < 4.78 is 0. The van der Waals surface area contributed by atoms with Gasteiger partial charge < -0.3 is 15.1 Å². The van der Waals surface area contributed by atoms with E-state index in [1.807, 2.05) is 77.7 Å². The zero-order chi connectivity index (χ0) is 22.5. The molecule has 1 N–H and O–H groups in total. The van der Waals surface area contributed by atoms with Crippen molar-refractivity contribution in [1.82, 2.24) is 14.9 Å². The molecule has 1 amide bonds. The van der Waals surface area contributed by atoms with Crippen LogP contribution in [0.4, 0.5) is 17.2 Å². The Morgan fingerprint density at radius 2 is 1.48 bits per heavy atom. The molecule has 4 aromatic rings. The maximum absolute atomic E-state index is 12.9. The molecule has 0 bridgehead atoms. The van der Waals surface area contributed by atoms with Crippen molar-refractivity contribution in [3.63, 3.8) is 0 Å². The van der Waals surface area contributed by atoms with Gasteiger partial charge in [0.1, 0.15) is 5.82 Å². The molecule has 7 heteroatoms. The van der Waals surface area contributed by atoms with Crippen molar-refractivity contribution in [3.8, 4) is 0 Å². The number of nitrogens with one attached hydrogen (secondary N) is 1. The molecule has 2 heterocycles. The molecule has 5 rings (SSSR count). The molecular weight excluding hydrogens is 430 g/mol. The fourth-order valence-corrected chi connectivity index (χ4v) is 4.70. The normalized spacial score (nSPS) is 13.8. The van der Waals surface area contributed by atoms with E-state index in [0.29, 0.717) is 10.9 Å². The van der Waals surface area contributed by atoms with Crippen molar-refractivity contribution < 1.29 is 4.79 Å². The lowest BCUT2D eigenvalue weighted by Crippen LogP contribution is -2.49. The van der Waals surface area contributed by atoms with Gasteiger partial charge in [-0.2, -0.15) is 0 Å². The van der Waals surface area contributed by atoms with Crippen molar-refractivity contribution >= 4 is 45.8 Å². The number of thioether (sulfide) groups is 1. The highest BCUT2D eigenvalue weighted by atomic mass is 32.2. The number of carbonyl (C=O) groups is 1. The molecule has 0 unspecified atom stereocenters. The second-order valence-corrected chi connectivity index (χ2v) is 8.80. The number of aromatic nitrogens is 2. The number of piperazine rings is 1. The summed E-state index contributed by atoms with van der Waals surface area (Å²) in [5, 5.41) is 4.95. The van der Waals surface area contributed by atoms with E-state index in [9.17, 15) is 4.79 Å². The maximum atomic E-state index is 12.9. The Balaban J connectivity index is 1.24. The Morgan fingerprint density at radius 3 is 2.24 bits per heavy atom. The lowest BCUT2D eigenvalue weighted by atomic mass is 10.2. The zero-order valence-electron chi connectivity index (χ0n) is 18.2. The molecular formula is C26H25N5OS. The Bertz CT molecular complexity index is 1230. The molecule has 0 spiro atoms. The van der Waals surface area contributed by atoms with Crippen LogP contribution in [-0.2, 0) is 4.79 Å². The summed E-state index contributed by atoms with van der Waals surface area (Å²) in [7, 11) is 0. The van der Waals surface area contributed by atoms with E-state index in [0.717, 1.165) is 48.6 Å². The van der Waals surface area contributed by atoms with Crippen molar-refractivity contribution in [3.05, 3.63) is 84.9 Å². The van der Waals surface area contributed by atoms with Crippen LogP contribution >= 0.6 is 11.8 Å². The third-order valence-electron chi connectivity index (χ3n) is 5.70. The third kappa shape index (κ3) is 5.09. The number of rotatable bonds is 6. The van der Waals surface area contributed by atoms with Crippen LogP contribution in [-0.4, -0.2) is 52.7 Å². The summed E-state index contributed by atoms with van der Waals surface area (Å²) >= 11 is 1.39. The monoisotopic (exact) mass is 455 g/mol. The molecule has 0 saturated carbocycles. The van der Waals surface area contributed by atoms with Crippen molar-refractivity contribution in [2.45, 2.75) is 5.16 Å². The van der Waals surface area contributed by atoms with Crippen LogP contribution < -0.4 is 10.2 Å². The zero-order valence-corrected chi connectivity index (χ0v) is 19.0. The fraction of sp³-hybridized carbons (Fsp3) is 0.192. The summed E-state index contributed by atoms with van der Waals surface area (Å²) in [4.78, 5) is 26.5. The molecule has 1 saturated heterocycles. The number of hydrogen-bond donors (Lipinski definition) is 1. The van der Waals surface area contributed by atoms with Gasteiger partial charge in [-0.25, -0.2) is 9.97 Å². The standard InChI is InChI=1S/C26H25N5OS/c32-24(31-17-15-30(16-18-31)21-11-5-2-6-12-21)19-33-26-28-23-14-8-7-13-22(23)25(29-26)27-20-9-3-1-4-10-20/h1-14H,15-19H2,(H,27,28,29). The predicted octanol–water partition coefficient (Wildman–Crippen LogP) is 4.81. The SMILES string of the molecule is O=C(CSc1nc(Nc2ccccc2)c2ccccc2n1)N1CCN(c2ccccc2)CC1. The average molecular weight is 456 g/mol. The van der Waals surface area contributed by atoms with Crippen molar-refractivity contribution in [2.75, 3.05) is 42.1 Å². The molecule has 6 nitrogen and oxygen atoms in total. The highest BCUT2D eigenvalue weighted by Crippen LogP contribution is 2.27. The van der Waals surface area contributed by atoms with Crippen LogP contribution in [0, 0.1) is 0 Å². The van der Waals surface area contributed by atoms with E-state index in [4.69, 9.17) is 4.98 Å². The number of para-hydroxylation sites is 3. The molecule has 1 aromatic heterocycles. The first kappa shape index (κ1) is 21.3. The summed E-state index contributed by atoms with van der Waals surface area (Å²) in [6, 6.07) is 28.2. The number of fused-ring (bicyclic) bond motifs is 1. The van der Waals surface area contributed by atoms with Crippen LogP contribution in [0.25, 0.3) is 10.9 Å². The smallest absolute Gasteiger partial charge is 0.233 e. The minimum atomic E-state index is 0.127. The van der Waals surface area contributed by atoms with E-state index in [2.05, 4.69) is 27.3 Å². The number of hydrogen-bond acceptors (Lipinski definition) is 6. The van der Waals surface area contributed by atoms with Crippen LogP contribution in [0.1, 0.15) is 0 Å². The second kappa shape index (κ2) is 9.92. The molecule has 166 valence electrons. The van der Waals surface area contributed by atoms with Crippen molar-refractivity contribution in [2.24, 2.45) is 0 Å². The van der Waals surface area contributed by atoms with Crippen molar-refractivity contribution in [1.29, 1.82) is 0 Å². The van der Waals surface area contributed by atoms with Gasteiger partial charge in [0.2, 0.25) is 5.91 Å². The topological polar surface area (TPSA) is 61.4 Å². The molecule has 1 fully saturated rings. The van der Waals surface area contributed by atoms with E-state index >= 15 is 0 Å². The molecule has 3 aromatic carbocycles. The first-order valence-electron chi connectivity index (χ1n) is 11.1. The largest absolute Gasteiger partial charge is 0.368 e. The molecule has 33 heavy (non-hydrogen) atoms. The third-order valence-corrected chi connectivity index (χ3v) is 6.53. The Morgan fingerprint density at radius 1 is 0.818 bits per heavy atom. The average Bonchev–Trinajstić information content (AvgIpc) is 2.88. The first-order valence-corrected chi connectivity index (χ1v) is 12.0. The second-order valence-electron chi connectivity index (χ2n) is 7.86. The molecule has 1 aliphatic rings. The quantitative estimate of drug-likeness (QED) is 0.332. The fourth-order valence-electron chi connectivity index (χ4n) is 3.94. The Kier molecular flexibility index (Phi) is 6.39. The van der Waals surface area contributed by atoms with E-state index in [-0.39, 0.29) is 5.91 Å². The van der Waals surface area contributed by atoms with Gasteiger partial charge >= 0.3 is 0 Å². The summed E-state index contributed by atoms with van der Waals surface area (Å²) in [5.41, 5.74) is 3.03. The van der Waals surface area contributed by atoms with E-state index in [1.165, 1.54) is 17.4 Å². The summed E-state index contributed by atoms with van der Waals surface area (Å²) in [5.74, 6) is 1.20.